The van der Waals surface area contributed by atoms with Gasteiger partial charge in [-0.2, -0.15) is 4.73 Å². The van der Waals surface area contributed by atoms with E-state index >= 15 is 0 Å². The summed E-state index contributed by atoms with van der Waals surface area (Å²) in [6.07, 6.45) is 2.85. The number of nitrogens with two attached hydrogens (primary N) is 2. The molecular weight excluding hydrogens is 184 g/mol. The van der Waals surface area contributed by atoms with Crippen molar-refractivity contribution in [2.45, 2.75) is 0 Å². The van der Waals surface area contributed by atoms with Crippen LogP contribution in [0.25, 0.3) is 11.2 Å². The summed E-state index contributed by atoms with van der Waals surface area (Å²) in [5, 5.41) is 0. The van der Waals surface area contributed by atoms with Crippen LogP contribution in [-0.2, 0) is 0 Å². The van der Waals surface area contributed by atoms with Crippen molar-refractivity contribution >= 4 is 17.0 Å². The summed E-state index contributed by atoms with van der Waals surface area (Å²) in [7, 11) is 0. The van der Waals surface area contributed by atoms with Crippen molar-refractivity contribution in [3.63, 3.8) is 0 Å². The molecule has 0 spiro atoms. The van der Waals surface area contributed by atoms with E-state index in [0.717, 1.165) is 0 Å². The van der Waals surface area contributed by atoms with E-state index in [2.05, 4.69) is 15.0 Å². The summed E-state index contributed by atoms with van der Waals surface area (Å²) < 4.78 is 1.43. The Morgan fingerprint density at radius 3 is 3.00 bits per heavy atom. The number of nitrogens with zero attached hydrogens (tertiary/aromatic N) is 4. The van der Waals surface area contributed by atoms with Crippen LogP contribution in [0.3, 0.4) is 0 Å². The highest BCUT2D eigenvalue weighted by molar-refractivity contribution is 5.80. The number of rotatable bonds is 3. The molecule has 74 valence electrons. The summed E-state index contributed by atoms with van der Waals surface area (Å²) in [4.78, 5) is 17.1. The first kappa shape index (κ1) is 8.70. The lowest BCUT2D eigenvalue weighted by Crippen LogP contribution is -2.19. The zero-order valence-corrected chi connectivity index (χ0v) is 7.42. The van der Waals surface area contributed by atoms with E-state index in [0.29, 0.717) is 30.1 Å². The molecule has 7 nitrogen and oxygen atoms in total. The monoisotopic (exact) mass is 194 g/mol. The number of hydrogen-bond donors (Lipinski definition) is 2. The molecule has 2 rings (SSSR count). The van der Waals surface area contributed by atoms with Gasteiger partial charge in [-0.05, 0) is 0 Å². The summed E-state index contributed by atoms with van der Waals surface area (Å²) in [6.45, 7) is 0.829. The van der Waals surface area contributed by atoms with Crippen LogP contribution in [0.5, 0.6) is 0 Å². The summed E-state index contributed by atoms with van der Waals surface area (Å²) in [5.41, 5.74) is 12.0. The van der Waals surface area contributed by atoms with Crippen LogP contribution < -0.4 is 16.3 Å². The fourth-order valence-electron chi connectivity index (χ4n) is 1.08. The van der Waals surface area contributed by atoms with Crippen molar-refractivity contribution in [1.82, 2.24) is 19.7 Å². The normalized spacial score (nSPS) is 10.6. The molecule has 7 heteroatoms. The molecule has 2 aromatic rings. The van der Waals surface area contributed by atoms with Gasteiger partial charge in [0.2, 0.25) is 5.65 Å². The van der Waals surface area contributed by atoms with Crippen molar-refractivity contribution in [1.29, 1.82) is 0 Å². The number of imidazole rings is 1. The first-order chi connectivity index (χ1) is 6.83. The van der Waals surface area contributed by atoms with Gasteiger partial charge in [0, 0.05) is 6.54 Å². The molecule has 0 bridgehead atoms. The van der Waals surface area contributed by atoms with E-state index < -0.39 is 0 Å². The lowest BCUT2D eigenvalue weighted by molar-refractivity contribution is 0.124. The van der Waals surface area contributed by atoms with Gasteiger partial charge in [0.1, 0.15) is 19.3 Å². The Labute approximate surface area is 79.7 Å². The minimum atomic E-state index is 0.338. The molecule has 0 saturated heterocycles. The summed E-state index contributed by atoms with van der Waals surface area (Å²) in [6, 6.07) is 0. The summed E-state index contributed by atoms with van der Waals surface area (Å²) in [5.74, 6) is 0.338. The van der Waals surface area contributed by atoms with Gasteiger partial charge in [-0.25, -0.2) is 15.0 Å². The predicted octanol–water partition coefficient (Wildman–Crippen LogP) is -1.20. The number of aromatic nitrogens is 4. The molecule has 14 heavy (non-hydrogen) atoms. The molecule has 4 N–H and O–H groups in total. The van der Waals surface area contributed by atoms with Crippen LogP contribution >= 0.6 is 0 Å². The van der Waals surface area contributed by atoms with Crippen molar-refractivity contribution in [3.05, 3.63) is 12.7 Å². The van der Waals surface area contributed by atoms with E-state index in [-0.39, 0.29) is 0 Å². The largest absolute Gasteiger partial charge is 0.409 e. The molecule has 0 unspecified atom stereocenters. The molecule has 0 atom stereocenters. The standard InChI is InChI=1S/C7H10N6O/c8-1-2-14-13-4-12-5-6(9)10-3-11-7(5)13/h3-4H,1-2,8H2,(H2,9,10,11). The molecule has 0 saturated carbocycles. The Kier molecular flexibility index (Phi) is 2.15. The Balaban J connectivity index is 2.42. The van der Waals surface area contributed by atoms with E-state index in [1.807, 2.05) is 0 Å². The molecule has 0 aromatic carbocycles. The van der Waals surface area contributed by atoms with E-state index in [1.54, 1.807) is 0 Å². The molecule has 0 amide bonds. The Morgan fingerprint density at radius 2 is 2.21 bits per heavy atom. The highest BCUT2D eigenvalue weighted by Crippen LogP contribution is 2.12. The van der Waals surface area contributed by atoms with Crippen molar-refractivity contribution in [2.75, 3.05) is 18.9 Å². The van der Waals surface area contributed by atoms with Crippen molar-refractivity contribution in [2.24, 2.45) is 5.73 Å². The number of anilines is 1. The Bertz CT molecular complexity index is 439. The van der Waals surface area contributed by atoms with Gasteiger partial charge in [0.25, 0.3) is 0 Å². The molecule has 0 radical (unpaired) electrons. The molecule has 0 aliphatic rings. The maximum Gasteiger partial charge on any atom is 0.201 e. The smallest absolute Gasteiger partial charge is 0.201 e. The second kappa shape index (κ2) is 3.46. The van der Waals surface area contributed by atoms with Gasteiger partial charge in [-0.15, -0.1) is 0 Å². The van der Waals surface area contributed by atoms with Gasteiger partial charge in [-0.3, -0.25) is 0 Å². The molecule has 0 aliphatic heterocycles. The Hall–Kier alpha value is -1.89. The van der Waals surface area contributed by atoms with Crippen LogP contribution in [0.4, 0.5) is 5.82 Å². The third kappa shape index (κ3) is 1.33. The van der Waals surface area contributed by atoms with Crippen molar-refractivity contribution in [3.8, 4) is 0 Å². The SMILES string of the molecule is NCCOn1cnc2c(N)ncnc21. The molecule has 2 heterocycles. The minimum absolute atomic E-state index is 0.338. The number of hydrogen-bond acceptors (Lipinski definition) is 6. The fourth-order valence-corrected chi connectivity index (χ4v) is 1.08. The lowest BCUT2D eigenvalue weighted by Gasteiger charge is -2.03. The first-order valence-electron chi connectivity index (χ1n) is 4.10. The van der Waals surface area contributed by atoms with E-state index in [1.165, 1.54) is 17.4 Å². The van der Waals surface area contributed by atoms with Gasteiger partial charge in [0.15, 0.2) is 11.3 Å². The molecule has 0 aliphatic carbocycles. The fraction of sp³-hybridized carbons (Fsp3) is 0.286. The maximum atomic E-state index is 5.59. The highest BCUT2D eigenvalue weighted by atomic mass is 16.7. The third-order valence-electron chi connectivity index (χ3n) is 1.68. The van der Waals surface area contributed by atoms with Crippen LogP contribution in [-0.4, -0.2) is 32.8 Å². The number of nitrogen functional groups attached to an aromatic ring is 1. The quantitative estimate of drug-likeness (QED) is 0.635. The third-order valence-corrected chi connectivity index (χ3v) is 1.68. The van der Waals surface area contributed by atoms with E-state index in [9.17, 15) is 0 Å². The second-order valence-electron chi connectivity index (χ2n) is 2.62. The predicted molar refractivity (Wildman–Crippen MR) is 50.2 cm³/mol. The van der Waals surface area contributed by atoms with Crippen LogP contribution in [0.2, 0.25) is 0 Å². The lowest BCUT2D eigenvalue weighted by atomic mass is 10.5. The topological polar surface area (TPSA) is 105 Å². The van der Waals surface area contributed by atoms with Gasteiger partial charge in [-0.1, -0.05) is 0 Å². The van der Waals surface area contributed by atoms with Crippen LogP contribution in [0.15, 0.2) is 12.7 Å². The number of fused-ring (bicyclic) bond motifs is 1. The maximum absolute atomic E-state index is 5.59. The van der Waals surface area contributed by atoms with Crippen molar-refractivity contribution < 1.29 is 4.84 Å². The summed E-state index contributed by atoms with van der Waals surface area (Å²) >= 11 is 0. The molecular formula is C7H10N6O. The average molecular weight is 194 g/mol. The average Bonchev–Trinajstić information content (AvgIpc) is 2.60. The second-order valence-corrected chi connectivity index (χ2v) is 2.62. The van der Waals surface area contributed by atoms with Gasteiger partial charge >= 0.3 is 0 Å². The van der Waals surface area contributed by atoms with E-state index in [4.69, 9.17) is 16.3 Å². The van der Waals surface area contributed by atoms with Gasteiger partial charge in [0.05, 0.1) is 0 Å². The minimum Gasteiger partial charge on any atom is -0.409 e. The zero-order chi connectivity index (χ0) is 9.97. The first-order valence-corrected chi connectivity index (χ1v) is 4.10. The Morgan fingerprint density at radius 1 is 1.36 bits per heavy atom. The highest BCUT2D eigenvalue weighted by Gasteiger charge is 2.07. The zero-order valence-electron chi connectivity index (χ0n) is 7.42. The van der Waals surface area contributed by atoms with Gasteiger partial charge < -0.3 is 16.3 Å². The molecule has 0 fully saturated rings. The van der Waals surface area contributed by atoms with Crippen LogP contribution in [0, 0.1) is 0 Å². The molecule has 2 aromatic heterocycles. The van der Waals surface area contributed by atoms with Crippen LogP contribution in [0.1, 0.15) is 0 Å².